The topological polar surface area (TPSA) is 16.1 Å². The molecule has 2 heterocycles. The SMILES string of the molecule is Cc1ccc(N2CCc3c(C)nc4ccccc4c32)cc1. The molecule has 1 aromatic heterocycles. The third kappa shape index (κ3) is 1.90. The van der Waals surface area contributed by atoms with Crippen molar-refractivity contribution in [2.75, 3.05) is 11.4 Å². The maximum atomic E-state index is 4.76. The molecule has 3 aromatic rings. The molecule has 0 N–H and O–H groups in total. The summed E-state index contributed by atoms with van der Waals surface area (Å²) in [6, 6.07) is 17.3. The molecule has 4 rings (SSSR count). The van der Waals surface area contributed by atoms with Gasteiger partial charge in [-0.2, -0.15) is 0 Å². The van der Waals surface area contributed by atoms with E-state index in [1.165, 1.54) is 33.6 Å². The van der Waals surface area contributed by atoms with Crippen molar-refractivity contribution in [1.82, 2.24) is 4.98 Å². The van der Waals surface area contributed by atoms with Crippen LogP contribution in [0, 0.1) is 13.8 Å². The van der Waals surface area contributed by atoms with Gasteiger partial charge in [-0.3, -0.25) is 4.98 Å². The van der Waals surface area contributed by atoms with Crippen molar-refractivity contribution >= 4 is 22.3 Å². The van der Waals surface area contributed by atoms with Crippen molar-refractivity contribution in [2.45, 2.75) is 20.3 Å². The molecule has 0 saturated carbocycles. The second kappa shape index (κ2) is 4.59. The zero-order valence-electron chi connectivity index (χ0n) is 12.4. The van der Waals surface area contributed by atoms with Gasteiger partial charge in [0.05, 0.1) is 11.2 Å². The number of hydrogen-bond donors (Lipinski definition) is 0. The summed E-state index contributed by atoms with van der Waals surface area (Å²) in [7, 11) is 0. The molecule has 0 saturated heterocycles. The lowest BCUT2D eigenvalue weighted by atomic mass is 10.1. The minimum absolute atomic E-state index is 1.04. The number of benzene rings is 2. The van der Waals surface area contributed by atoms with Crippen molar-refractivity contribution in [1.29, 1.82) is 0 Å². The standard InChI is InChI=1S/C19H18N2/c1-13-7-9-15(10-8-13)21-12-11-16-14(2)20-18-6-4-3-5-17(18)19(16)21/h3-10H,11-12H2,1-2H3. The maximum absolute atomic E-state index is 4.76. The van der Waals surface area contributed by atoms with E-state index < -0.39 is 0 Å². The third-order valence-corrected chi connectivity index (χ3v) is 4.37. The smallest absolute Gasteiger partial charge is 0.0726 e. The summed E-state index contributed by atoms with van der Waals surface area (Å²) in [5.74, 6) is 0. The van der Waals surface area contributed by atoms with Crippen molar-refractivity contribution in [3.63, 3.8) is 0 Å². The van der Waals surface area contributed by atoms with E-state index in [-0.39, 0.29) is 0 Å². The Morgan fingerprint density at radius 3 is 2.52 bits per heavy atom. The quantitative estimate of drug-likeness (QED) is 0.647. The van der Waals surface area contributed by atoms with Crippen LogP contribution in [0.5, 0.6) is 0 Å². The Morgan fingerprint density at radius 1 is 0.952 bits per heavy atom. The van der Waals surface area contributed by atoms with E-state index in [0.29, 0.717) is 0 Å². The van der Waals surface area contributed by atoms with Gasteiger partial charge in [-0.15, -0.1) is 0 Å². The van der Waals surface area contributed by atoms with Gasteiger partial charge < -0.3 is 4.90 Å². The van der Waals surface area contributed by atoms with Gasteiger partial charge in [0.15, 0.2) is 0 Å². The fourth-order valence-electron chi connectivity index (χ4n) is 3.28. The van der Waals surface area contributed by atoms with Crippen molar-refractivity contribution in [2.24, 2.45) is 0 Å². The molecule has 21 heavy (non-hydrogen) atoms. The number of rotatable bonds is 1. The van der Waals surface area contributed by atoms with Gasteiger partial charge in [0.2, 0.25) is 0 Å². The lowest BCUT2D eigenvalue weighted by molar-refractivity contribution is 0.989. The Kier molecular flexibility index (Phi) is 2.71. The monoisotopic (exact) mass is 274 g/mol. The fraction of sp³-hybridized carbons (Fsp3) is 0.211. The molecule has 1 aliphatic rings. The lowest BCUT2D eigenvalue weighted by Gasteiger charge is -2.21. The molecule has 0 atom stereocenters. The van der Waals surface area contributed by atoms with Crippen molar-refractivity contribution < 1.29 is 0 Å². The van der Waals surface area contributed by atoms with Crippen LogP contribution in [0.25, 0.3) is 10.9 Å². The van der Waals surface area contributed by atoms with E-state index in [0.717, 1.165) is 18.5 Å². The summed E-state index contributed by atoms with van der Waals surface area (Å²) in [6.07, 6.45) is 1.08. The first-order valence-corrected chi connectivity index (χ1v) is 7.46. The number of pyridine rings is 1. The summed E-state index contributed by atoms with van der Waals surface area (Å²) < 4.78 is 0. The molecule has 0 bridgehead atoms. The Labute approximate surface area is 125 Å². The Hall–Kier alpha value is -2.35. The number of nitrogens with zero attached hydrogens (tertiary/aromatic N) is 2. The van der Waals surface area contributed by atoms with E-state index in [1.807, 2.05) is 0 Å². The van der Waals surface area contributed by atoms with Gasteiger partial charge >= 0.3 is 0 Å². The Morgan fingerprint density at radius 2 is 1.71 bits per heavy atom. The average molecular weight is 274 g/mol. The number of aryl methyl sites for hydroxylation is 2. The Bertz CT molecular complexity index is 819. The highest BCUT2D eigenvalue weighted by Crippen LogP contribution is 2.40. The number of aromatic nitrogens is 1. The molecular weight excluding hydrogens is 256 g/mol. The minimum atomic E-state index is 1.04. The predicted octanol–water partition coefficient (Wildman–Crippen LogP) is 4.55. The summed E-state index contributed by atoms with van der Waals surface area (Å²) in [5.41, 5.74) is 7.58. The first-order valence-electron chi connectivity index (χ1n) is 7.46. The summed E-state index contributed by atoms with van der Waals surface area (Å²) in [5, 5.41) is 1.26. The number of anilines is 2. The van der Waals surface area contributed by atoms with Gasteiger partial charge in [0.25, 0.3) is 0 Å². The van der Waals surface area contributed by atoms with E-state index in [1.54, 1.807) is 0 Å². The van der Waals surface area contributed by atoms with Crippen LogP contribution in [-0.2, 0) is 6.42 Å². The highest BCUT2D eigenvalue weighted by atomic mass is 15.2. The molecule has 0 amide bonds. The van der Waals surface area contributed by atoms with Gasteiger partial charge in [-0.1, -0.05) is 35.9 Å². The molecule has 0 radical (unpaired) electrons. The number of hydrogen-bond acceptors (Lipinski definition) is 2. The number of para-hydroxylation sites is 1. The van der Waals surface area contributed by atoms with Crippen LogP contribution < -0.4 is 4.90 Å². The summed E-state index contributed by atoms with van der Waals surface area (Å²) in [6.45, 7) is 5.30. The third-order valence-electron chi connectivity index (χ3n) is 4.37. The lowest BCUT2D eigenvalue weighted by Crippen LogP contribution is -2.13. The highest BCUT2D eigenvalue weighted by molar-refractivity contribution is 5.97. The zero-order valence-corrected chi connectivity index (χ0v) is 12.4. The number of fused-ring (bicyclic) bond motifs is 3. The average Bonchev–Trinajstić information content (AvgIpc) is 2.94. The zero-order chi connectivity index (χ0) is 14.4. The summed E-state index contributed by atoms with van der Waals surface area (Å²) >= 11 is 0. The molecule has 2 aromatic carbocycles. The highest BCUT2D eigenvalue weighted by Gasteiger charge is 2.25. The van der Waals surface area contributed by atoms with Crippen LogP contribution in [0.3, 0.4) is 0 Å². The van der Waals surface area contributed by atoms with E-state index >= 15 is 0 Å². The maximum Gasteiger partial charge on any atom is 0.0726 e. The normalized spacial score (nSPS) is 13.7. The molecule has 1 aliphatic heterocycles. The van der Waals surface area contributed by atoms with Crippen LogP contribution >= 0.6 is 0 Å². The van der Waals surface area contributed by atoms with Gasteiger partial charge in [-0.25, -0.2) is 0 Å². The fourth-order valence-corrected chi connectivity index (χ4v) is 3.28. The van der Waals surface area contributed by atoms with Gasteiger partial charge in [0, 0.05) is 23.3 Å². The van der Waals surface area contributed by atoms with Gasteiger partial charge in [-0.05, 0) is 44.0 Å². The second-order valence-corrected chi connectivity index (χ2v) is 5.78. The molecule has 0 fully saturated rings. The Balaban J connectivity index is 1.96. The predicted molar refractivity (Wildman–Crippen MR) is 88.4 cm³/mol. The van der Waals surface area contributed by atoms with Crippen molar-refractivity contribution in [3.05, 3.63) is 65.4 Å². The summed E-state index contributed by atoms with van der Waals surface area (Å²) in [4.78, 5) is 7.20. The molecule has 0 spiro atoms. The second-order valence-electron chi connectivity index (χ2n) is 5.78. The first-order chi connectivity index (χ1) is 10.2. The molecular formula is C19H18N2. The van der Waals surface area contributed by atoms with Crippen LogP contribution in [0.1, 0.15) is 16.8 Å². The minimum Gasteiger partial charge on any atom is -0.340 e. The van der Waals surface area contributed by atoms with E-state index in [2.05, 4.69) is 67.3 Å². The van der Waals surface area contributed by atoms with E-state index in [4.69, 9.17) is 4.98 Å². The van der Waals surface area contributed by atoms with Crippen LogP contribution in [0.4, 0.5) is 11.4 Å². The molecule has 104 valence electrons. The van der Waals surface area contributed by atoms with Crippen molar-refractivity contribution in [3.8, 4) is 0 Å². The van der Waals surface area contributed by atoms with Crippen LogP contribution in [0.2, 0.25) is 0 Å². The van der Waals surface area contributed by atoms with Gasteiger partial charge in [0.1, 0.15) is 0 Å². The molecule has 0 aliphatic carbocycles. The van der Waals surface area contributed by atoms with E-state index in [9.17, 15) is 0 Å². The molecule has 2 nitrogen and oxygen atoms in total. The largest absolute Gasteiger partial charge is 0.340 e. The molecule has 0 unspecified atom stereocenters. The van der Waals surface area contributed by atoms with Crippen LogP contribution in [-0.4, -0.2) is 11.5 Å². The van der Waals surface area contributed by atoms with Crippen LogP contribution in [0.15, 0.2) is 48.5 Å². The first kappa shape index (κ1) is 12.4. The molecule has 2 heteroatoms.